The van der Waals surface area contributed by atoms with Crippen LogP contribution in [0.25, 0.3) is 21.5 Å². The third-order valence-corrected chi connectivity index (χ3v) is 6.87. The Morgan fingerprint density at radius 1 is 0.686 bits per heavy atom. The summed E-state index contributed by atoms with van der Waals surface area (Å²) in [6, 6.07) is 30.2. The first kappa shape index (κ1) is 24.5. The first-order valence-electron chi connectivity index (χ1n) is 12.9. The third-order valence-electron chi connectivity index (χ3n) is 6.87. The average Bonchev–Trinajstić information content (AvgIpc) is 2.98. The van der Waals surface area contributed by atoms with E-state index >= 15 is 0 Å². The van der Waals surface area contributed by atoms with Crippen LogP contribution in [0.3, 0.4) is 0 Å². The molecule has 0 fully saturated rings. The van der Waals surface area contributed by atoms with E-state index in [0.29, 0.717) is 0 Å². The predicted octanol–water partition coefficient (Wildman–Crippen LogP) is 10.1. The molecule has 0 atom stereocenters. The van der Waals surface area contributed by atoms with Crippen LogP contribution in [0.4, 0.5) is 0 Å². The van der Waals surface area contributed by atoms with Gasteiger partial charge in [-0.1, -0.05) is 123 Å². The lowest BCUT2D eigenvalue weighted by Crippen LogP contribution is -2.02. The molecule has 2 bridgehead atoms. The highest BCUT2D eigenvalue weighted by molar-refractivity contribution is 5.86. The Balaban J connectivity index is 0.000000186. The average molecular weight is 457 g/mol. The van der Waals surface area contributed by atoms with Gasteiger partial charge in [0.15, 0.2) is 0 Å². The minimum Gasteiger partial charge on any atom is -0.0767 e. The Morgan fingerprint density at radius 3 is 2.06 bits per heavy atom. The van der Waals surface area contributed by atoms with E-state index in [4.69, 9.17) is 0 Å². The van der Waals surface area contributed by atoms with Crippen molar-refractivity contribution in [1.29, 1.82) is 0 Å². The van der Waals surface area contributed by atoms with Crippen LogP contribution < -0.4 is 0 Å². The first-order valence-corrected chi connectivity index (χ1v) is 12.9. The Kier molecular flexibility index (Phi) is 8.16. The van der Waals surface area contributed by atoms with E-state index in [0.717, 1.165) is 6.42 Å². The molecule has 0 N–H and O–H groups in total. The highest BCUT2D eigenvalue weighted by atomic mass is 14.2. The van der Waals surface area contributed by atoms with E-state index < -0.39 is 0 Å². The molecule has 0 aliphatic heterocycles. The Bertz CT molecular complexity index is 1430. The molecular weight excluding hydrogens is 420 g/mol. The van der Waals surface area contributed by atoms with Crippen molar-refractivity contribution in [2.45, 2.75) is 47.0 Å². The molecule has 0 nitrogen and oxygen atoms in total. The molecule has 176 valence electrons. The molecule has 0 heteroatoms. The molecule has 2 aliphatic rings. The van der Waals surface area contributed by atoms with E-state index in [9.17, 15) is 0 Å². The Hall–Kier alpha value is -3.64. The molecule has 0 saturated carbocycles. The molecule has 0 amide bonds. The fourth-order valence-corrected chi connectivity index (χ4v) is 5.05. The molecule has 0 heterocycles. The number of allylic oxidation sites excluding steroid dienone is 8. The molecule has 35 heavy (non-hydrogen) atoms. The van der Waals surface area contributed by atoms with Gasteiger partial charge < -0.3 is 0 Å². The molecule has 0 aromatic heterocycles. The van der Waals surface area contributed by atoms with E-state index in [1.165, 1.54) is 62.2 Å². The van der Waals surface area contributed by atoms with Crippen molar-refractivity contribution in [2.75, 3.05) is 0 Å². The quantitative estimate of drug-likeness (QED) is 0.281. The third kappa shape index (κ3) is 5.54. The van der Waals surface area contributed by atoms with Gasteiger partial charge in [0.05, 0.1) is 0 Å². The number of benzene rings is 4. The van der Waals surface area contributed by atoms with Gasteiger partial charge in [0.1, 0.15) is 0 Å². The molecule has 0 radical (unpaired) electrons. The van der Waals surface area contributed by atoms with Crippen LogP contribution in [0.2, 0.25) is 0 Å². The molecule has 2 aliphatic carbocycles. The van der Waals surface area contributed by atoms with Crippen LogP contribution in [0.5, 0.6) is 0 Å². The van der Waals surface area contributed by atoms with Gasteiger partial charge >= 0.3 is 0 Å². The van der Waals surface area contributed by atoms with Crippen LogP contribution in [-0.4, -0.2) is 0 Å². The Morgan fingerprint density at radius 2 is 1.31 bits per heavy atom. The van der Waals surface area contributed by atoms with E-state index in [1.54, 1.807) is 5.57 Å². The fourth-order valence-electron chi connectivity index (χ4n) is 5.05. The zero-order chi connectivity index (χ0) is 24.6. The second kappa shape index (κ2) is 11.7. The summed E-state index contributed by atoms with van der Waals surface area (Å²) < 4.78 is 0. The van der Waals surface area contributed by atoms with E-state index in [2.05, 4.69) is 123 Å². The molecule has 6 rings (SSSR count). The first-order chi connectivity index (χ1) is 17.2. The van der Waals surface area contributed by atoms with Crippen molar-refractivity contribution in [3.8, 4) is 0 Å². The lowest BCUT2D eigenvalue weighted by molar-refractivity contribution is 0.921. The van der Waals surface area contributed by atoms with Gasteiger partial charge in [-0.2, -0.15) is 0 Å². The summed E-state index contributed by atoms with van der Waals surface area (Å²) in [5.41, 5.74) is 8.68. The summed E-state index contributed by atoms with van der Waals surface area (Å²) in [5.74, 6) is 0. The lowest BCUT2D eigenvalue weighted by Gasteiger charge is -2.19. The van der Waals surface area contributed by atoms with Crippen molar-refractivity contribution >= 4 is 21.5 Å². The highest BCUT2D eigenvalue weighted by Gasteiger charge is 2.17. The summed E-state index contributed by atoms with van der Waals surface area (Å²) in [4.78, 5) is 0. The van der Waals surface area contributed by atoms with E-state index in [-0.39, 0.29) is 0 Å². The minimum absolute atomic E-state index is 1.02. The number of fused-ring (bicyclic) bond motifs is 3. The van der Waals surface area contributed by atoms with Crippen LogP contribution in [0.1, 0.15) is 44.7 Å². The fraction of sp³-hybridized carbons (Fsp3) is 0.200. The zero-order valence-electron chi connectivity index (χ0n) is 21.5. The van der Waals surface area contributed by atoms with Gasteiger partial charge in [0.25, 0.3) is 0 Å². The van der Waals surface area contributed by atoms with Crippen LogP contribution in [0.15, 0.2) is 132 Å². The summed E-state index contributed by atoms with van der Waals surface area (Å²) in [5, 5.41) is 5.39. The van der Waals surface area contributed by atoms with Gasteiger partial charge in [0.2, 0.25) is 0 Å². The Labute approximate surface area is 211 Å². The molecule has 0 saturated heterocycles. The van der Waals surface area contributed by atoms with Crippen molar-refractivity contribution in [3.05, 3.63) is 143 Å². The van der Waals surface area contributed by atoms with Gasteiger partial charge in [-0.05, 0) is 88.1 Å². The summed E-state index contributed by atoms with van der Waals surface area (Å²) in [6.07, 6.45) is 12.5. The zero-order valence-corrected chi connectivity index (χ0v) is 21.5. The van der Waals surface area contributed by atoms with Crippen molar-refractivity contribution < 1.29 is 0 Å². The largest absolute Gasteiger partial charge is 0.0767 e. The highest BCUT2D eigenvalue weighted by Crippen LogP contribution is 2.35. The SMILES string of the molecule is CC.CC1=C2CCC=C1C=CC=C2Cc1cccc2ccccc12.Cc1cccc2ccccc12. The molecule has 4 aromatic carbocycles. The minimum atomic E-state index is 1.02. The van der Waals surface area contributed by atoms with Crippen LogP contribution >= 0.6 is 0 Å². The van der Waals surface area contributed by atoms with Crippen molar-refractivity contribution in [1.82, 2.24) is 0 Å². The topological polar surface area (TPSA) is 0 Å². The molecule has 0 spiro atoms. The van der Waals surface area contributed by atoms with Crippen LogP contribution in [-0.2, 0) is 6.42 Å². The number of hydrogen-bond acceptors (Lipinski definition) is 0. The van der Waals surface area contributed by atoms with E-state index in [1.807, 2.05) is 13.8 Å². The lowest BCUT2D eigenvalue weighted by atomic mass is 9.85. The second-order valence-electron chi connectivity index (χ2n) is 8.96. The standard InChI is InChI=1S/C22H20.C11H10.C2H6/c1-16-17-8-4-11-19(21(16)14-6-9-17)15-20-12-5-10-18-7-2-3-13-22(18)20;1-9-5-4-7-10-6-2-3-8-11(9)10;1-2/h2-5,7-13H,6,14-15H2,1H3;2-8H,1H3;1-2H3. The summed E-state index contributed by atoms with van der Waals surface area (Å²) in [7, 11) is 0. The maximum Gasteiger partial charge on any atom is -0.00168 e. The molecule has 0 unspecified atom stereocenters. The number of rotatable bonds is 2. The molecule has 4 aromatic rings. The maximum absolute atomic E-state index is 2.37. The number of hydrogen-bond donors (Lipinski definition) is 0. The maximum atomic E-state index is 2.37. The smallest absolute Gasteiger partial charge is 0.00168 e. The number of aryl methyl sites for hydroxylation is 1. The van der Waals surface area contributed by atoms with Gasteiger partial charge in [-0.25, -0.2) is 0 Å². The summed E-state index contributed by atoms with van der Waals surface area (Å²) in [6.45, 7) is 8.41. The van der Waals surface area contributed by atoms with Gasteiger partial charge in [-0.15, -0.1) is 0 Å². The van der Waals surface area contributed by atoms with Gasteiger partial charge in [0, 0.05) is 0 Å². The van der Waals surface area contributed by atoms with Crippen molar-refractivity contribution in [2.24, 2.45) is 0 Å². The van der Waals surface area contributed by atoms with Gasteiger partial charge in [-0.3, -0.25) is 0 Å². The normalized spacial score (nSPS) is 14.3. The van der Waals surface area contributed by atoms with Crippen molar-refractivity contribution in [3.63, 3.8) is 0 Å². The van der Waals surface area contributed by atoms with Crippen LogP contribution in [0, 0.1) is 6.92 Å². The second-order valence-corrected chi connectivity index (χ2v) is 8.96. The summed E-state index contributed by atoms with van der Waals surface area (Å²) >= 11 is 0. The molecular formula is C35H36. The monoisotopic (exact) mass is 456 g/mol. The predicted molar refractivity (Wildman–Crippen MR) is 155 cm³/mol.